The first kappa shape index (κ1) is 31.3. The van der Waals surface area contributed by atoms with Gasteiger partial charge in [0.1, 0.15) is 25.2 Å². The Morgan fingerprint density at radius 3 is 2.48 bits per heavy atom. The van der Waals surface area contributed by atoms with E-state index in [1.54, 1.807) is 12.1 Å². The van der Waals surface area contributed by atoms with E-state index < -0.39 is 40.8 Å². The van der Waals surface area contributed by atoms with Crippen LogP contribution < -0.4 is 27.0 Å². The van der Waals surface area contributed by atoms with Crippen molar-refractivity contribution in [1.29, 1.82) is 5.41 Å². The molecule has 2 aromatic carbocycles. The third-order valence-electron chi connectivity index (χ3n) is 6.44. The summed E-state index contributed by atoms with van der Waals surface area (Å²) in [5, 5.41) is 28.6. The lowest BCUT2D eigenvalue weighted by Gasteiger charge is -2.26. The van der Waals surface area contributed by atoms with Crippen LogP contribution in [0.4, 0.5) is 16.2 Å². The summed E-state index contributed by atoms with van der Waals surface area (Å²) in [5.41, 5.74) is 6.25. The van der Waals surface area contributed by atoms with E-state index in [1.165, 1.54) is 29.2 Å². The second-order valence-electron chi connectivity index (χ2n) is 9.50. The van der Waals surface area contributed by atoms with Crippen molar-refractivity contribution in [1.82, 2.24) is 20.9 Å². The fourth-order valence-corrected chi connectivity index (χ4v) is 4.32. The van der Waals surface area contributed by atoms with Crippen LogP contribution in [-0.2, 0) is 25.7 Å². The highest BCUT2D eigenvalue weighted by molar-refractivity contribution is 5.98. The van der Waals surface area contributed by atoms with Crippen LogP contribution in [-0.4, -0.2) is 71.3 Å². The number of alkyl carbamates (subject to hydrolysis) is 1. The molecule has 1 heterocycles. The molecule has 4 amide bonds. The molecule has 7 N–H and O–H groups in total. The monoisotopic (exact) mass is 582 g/mol. The Kier molecular flexibility index (Phi) is 11.6. The second kappa shape index (κ2) is 15.5. The number of nitro groups is 1. The number of non-ortho nitro benzene ring substituents is 1. The van der Waals surface area contributed by atoms with Crippen molar-refractivity contribution in [3.8, 4) is 0 Å². The highest BCUT2D eigenvalue weighted by Gasteiger charge is 2.35. The summed E-state index contributed by atoms with van der Waals surface area (Å²) in [7, 11) is 0. The van der Waals surface area contributed by atoms with E-state index in [0.29, 0.717) is 31.5 Å². The number of amides is 4. The molecule has 2 atom stereocenters. The van der Waals surface area contributed by atoms with Gasteiger partial charge in [-0.05, 0) is 43.4 Å². The van der Waals surface area contributed by atoms with Gasteiger partial charge in [-0.1, -0.05) is 30.3 Å². The largest absolute Gasteiger partial charge is 0.445 e. The zero-order valence-corrected chi connectivity index (χ0v) is 22.8. The van der Waals surface area contributed by atoms with Gasteiger partial charge in [-0.25, -0.2) is 4.79 Å². The van der Waals surface area contributed by atoms with E-state index in [1.807, 2.05) is 18.2 Å². The van der Waals surface area contributed by atoms with E-state index in [2.05, 4.69) is 21.3 Å². The number of carbonyl (C=O) groups is 4. The Morgan fingerprint density at radius 2 is 1.81 bits per heavy atom. The Labute approximate surface area is 241 Å². The molecule has 0 saturated carbocycles. The summed E-state index contributed by atoms with van der Waals surface area (Å²) in [5.74, 6) is -1.79. The fourth-order valence-electron chi connectivity index (χ4n) is 4.32. The first-order valence-corrected chi connectivity index (χ1v) is 13.3. The number of nitrogens with two attached hydrogens (primary N) is 1. The van der Waals surface area contributed by atoms with Crippen molar-refractivity contribution in [3.63, 3.8) is 0 Å². The standard InChI is InChI=1S/C27H34N8O7/c28-26(29)30-14-4-8-21(24(37)32-19-10-12-20(13-11-19)35(40)41)33-25(38)22-9-5-15-34(22)23(36)16-31-27(39)42-17-18-6-2-1-3-7-18/h1-3,6-7,10-13,21-22H,4-5,8-9,14-17H2,(H,31,39)(H,32,37)(H,33,38)(H4,28,29,30)/t21-,22-/m0/s1. The SMILES string of the molecule is N=C(N)NCCC[C@H](NC(=O)[C@@H]1CCCN1C(=O)CNC(=O)OCc1ccccc1)C(=O)Nc1ccc([N+](=O)[O-])cc1. The van der Waals surface area contributed by atoms with Crippen LogP contribution in [0.2, 0.25) is 0 Å². The van der Waals surface area contributed by atoms with Crippen molar-refractivity contribution < 1.29 is 28.8 Å². The number of benzene rings is 2. The number of hydrogen-bond donors (Lipinski definition) is 6. The maximum atomic E-state index is 13.2. The molecule has 0 aliphatic carbocycles. The molecule has 42 heavy (non-hydrogen) atoms. The molecule has 1 aliphatic rings. The van der Waals surface area contributed by atoms with Crippen LogP contribution >= 0.6 is 0 Å². The molecule has 15 heteroatoms. The molecule has 1 aliphatic heterocycles. The molecule has 1 fully saturated rings. The Balaban J connectivity index is 1.57. The molecule has 2 aromatic rings. The number of hydrogen-bond acceptors (Lipinski definition) is 8. The summed E-state index contributed by atoms with van der Waals surface area (Å²) in [4.78, 5) is 62.9. The summed E-state index contributed by atoms with van der Waals surface area (Å²) in [6.07, 6.45) is 0.721. The molecule has 0 aromatic heterocycles. The lowest BCUT2D eigenvalue weighted by molar-refractivity contribution is -0.384. The lowest BCUT2D eigenvalue weighted by Crippen LogP contribution is -2.53. The van der Waals surface area contributed by atoms with Gasteiger partial charge in [0.2, 0.25) is 17.7 Å². The predicted molar refractivity (Wildman–Crippen MR) is 152 cm³/mol. The van der Waals surface area contributed by atoms with Crippen LogP contribution in [0.3, 0.4) is 0 Å². The number of rotatable bonds is 13. The molecule has 0 spiro atoms. The predicted octanol–water partition coefficient (Wildman–Crippen LogP) is 1.20. The van der Waals surface area contributed by atoms with Gasteiger partial charge in [0.25, 0.3) is 5.69 Å². The average molecular weight is 583 g/mol. The van der Waals surface area contributed by atoms with Gasteiger partial charge in [-0.2, -0.15) is 0 Å². The van der Waals surface area contributed by atoms with Gasteiger partial charge in [0, 0.05) is 30.9 Å². The third-order valence-corrected chi connectivity index (χ3v) is 6.44. The first-order chi connectivity index (χ1) is 20.1. The normalized spacial score (nSPS) is 14.8. The number of carbonyl (C=O) groups excluding carboxylic acids is 4. The van der Waals surface area contributed by atoms with Crippen LogP contribution in [0.15, 0.2) is 54.6 Å². The van der Waals surface area contributed by atoms with Crippen molar-refractivity contribution in [2.45, 2.75) is 44.4 Å². The van der Waals surface area contributed by atoms with Crippen molar-refractivity contribution in [2.75, 3.05) is 25.0 Å². The van der Waals surface area contributed by atoms with Gasteiger partial charge < -0.3 is 36.6 Å². The highest BCUT2D eigenvalue weighted by Crippen LogP contribution is 2.19. The third kappa shape index (κ3) is 9.76. The minimum atomic E-state index is -1.01. The van der Waals surface area contributed by atoms with Crippen molar-refractivity contribution in [3.05, 3.63) is 70.3 Å². The Hall–Kier alpha value is -5.21. The second-order valence-corrected chi connectivity index (χ2v) is 9.50. The van der Waals surface area contributed by atoms with Gasteiger partial charge in [0.05, 0.1) is 4.92 Å². The maximum Gasteiger partial charge on any atom is 0.407 e. The summed E-state index contributed by atoms with van der Waals surface area (Å²) < 4.78 is 5.12. The van der Waals surface area contributed by atoms with Crippen LogP contribution in [0.25, 0.3) is 0 Å². The molecular formula is C27H34N8O7. The van der Waals surface area contributed by atoms with Gasteiger partial charge in [-0.15, -0.1) is 0 Å². The average Bonchev–Trinajstić information content (AvgIpc) is 3.47. The van der Waals surface area contributed by atoms with E-state index >= 15 is 0 Å². The molecule has 0 bridgehead atoms. The van der Waals surface area contributed by atoms with Gasteiger partial charge in [-0.3, -0.25) is 29.9 Å². The minimum absolute atomic E-state index is 0.0425. The molecule has 224 valence electrons. The van der Waals surface area contributed by atoms with Crippen LogP contribution in [0, 0.1) is 15.5 Å². The number of nitrogens with one attached hydrogen (secondary N) is 5. The molecule has 3 rings (SSSR count). The summed E-state index contributed by atoms with van der Waals surface area (Å²) >= 11 is 0. The zero-order chi connectivity index (χ0) is 30.5. The van der Waals surface area contributed by atoms with E-state index in [9.17, 15) is 29.3 Å². The molecule has 1 saturated heterocycles. The Morgan fingerprint density at radius 1 is 1.10 bits per heavy atom. The van der Waals surface area contributed by atoms with Crippen molar-refractivity contribution in [2.24, 2.45) is 5.73 Å². The molecule has 15 nitrogen and oxygen atoms in total. The number of nitro benzene ring substituents is 1. The highest BCUT2D eigenvalue weighted by atomic mass is 16.6. The van der Waals surface area contributed by atoms with E-state index in [4.69, 9.17) is 15.9 Å². The van der Waals surface area contributed by atoms with Gasteiger partial charge in [0.15, 0.2) is 5.96 Å². The van der Waals surface area contributed by atoms with Crippen LogP contribution in [0.5, 0.6) is 0 Å². The summed E-state index contributed by atoms with van der Waals surface area (Å²) in [6, 6.07) is 12.4. The smallest absolute Gasteiger partial charge is 0.407 e. The lowest BCUT2D eigenvalue weighted by atomic mass is 10.1. The number of ether oxygens (including phenoxy) is 1. The molecule has 0 unspecified atom stereocenters. The topological polar surface area (TPSA) is 222 Å². The van der Waals surface area contributed by atoms with E-state index in [-0.39, 0.29) is 37.8 Å². The van der Waals surface area contributed by atoms with Crippen molar-refractivity contribution >= 4 is 41.1 Å². The van der Waals surface area contributed by atoms with Gasteiger partial charge >= 0.3 is 6.09 Å². The molecule has 0 radical (unpaired) electrons. The number of anilines is 1. The van der Waals surface area contributed by atoms with Crippen LogP contribution in [0.1, 0.15) is 31.2 Å². The fraction of sp³-hybridized carbons (Fsp3) is 0.370. The zero-order valence-electron chi connectivity index (χ0n) is 22.8. The minimum Gasteiger partial charge on any atom is -0.445 e. The Bertz CT molecular complexity index is 1270. The molecular weight excluding hydrogens is 548 g/mol. The first-order valence-electron chi connectivity index (χ1n) is 13.3. The quantitative estimate of drug-likeness (QED) is 0.0655. The summed E-state index contributed by atoms with van der Waals surface area (Å²) in [6.45, 7) is 0.269. The number of guanidine groups is 1. The van der Waals surface area contributed by atoms with E-state index in [0.717, 1.165) is 5.56 Å². The maximum absolute atomic E-state index is 13.2. The number of likely N-dealkylation sites (tertiary alicyclic amines) is 1. The number of nitrogens with zero attached hydrogens (tertiary/aromatic N) is 2.